The molecule has 0 aliphatic rings. The minimum Gasteiger partial charge on any atom is -0.348 e. The summed E-state index contributed by atoms with van der Waals surface area (Å²) >= 11 is 3.47. The van der Waals surface area contributed by atoms with Gasteiger partial charge in [-0.2, -0.15) is 4.80 Å². The van der Waals surface area contributed by atoms with Crippen molar-refractivity contribution in [2.45, 2.75) is 32.9 Å². The van der Waals surface area contributed by atoms with Crippen molar-refractivity contribution in [3.63, 3.8) is 0 Å². The van der Waals surface area contributed by atoms with Crippen LogP contribution in [0.1, 0.15) is 31.0 Å². The number of rotatable bonds is 6. The Morgan fingerprint density at radius 2 is 1.92 bits per heavy atom. The fraction of sp³-hybridized carbons (Fsp3) is 0.263. The van der Waals surface area contributed by atoms with Crippen molar-refractivity contribution in [2.24, 2.45) is 0 Å². The standard InChI is InChI=1S/C19H20BrN5O/c1-3-14-8-10-15(11-9-14)13(2)21-18(26)12-25-23-19(22-24-25)16-6-4-5-7-17(16)20/h4-11,13H,3,12H2,1-2H3,(H,21,26)/t13-/m1/s1. The molecule has 0 saturated carbocycles. The van der Waals surface area contributed by atoms with Crippen molar-refractivity contribution in [1.29, 1.82) is 0 Å². The number of carbonyl (C=O) groups excluding carboxylic acids is 1. The van der Waals surface area contributed by atoms with E-state index >= 15 is 0 Å². The van der Waals surface area contributed by atoms with Gasteiger partial charge >= 0.3 is 0 Å². The maximum Gasteiger partial charge on any atom is 0.244 e. The van der Waals surface area contributed by atoms with Crippen LogP contribution in [0.4, 0.5) is 0 Å². The largest absolute Gasteiger partial charge is 0.348 e. The van der Waals surface area contributed by atoms with Gasteiger partial charge in [0.1, 0.15) is 6.54 Å². The molecule has 0 unspecified atom stereocenters. The first-order chi connectivity index (χ1) is 12.6. The zero-order valence-corrected chi connectivity index (χ0v) is 16.3. The molecule has 1 amide bonds. The molecule has 0 bridgehead atoms. The van der Waals surface area contributed by atoms with E-state index in [9.17, 15) is 4.79 Å². The lowest BCUT2D eigenvalue weighted by molar-refractivity contribution is -0.122. The third-order valence-electron chi connectivity index (χ3n) is 4.12. The highest BCUT2D eigenvalue weighted by molar-refractivity contribution is 9.10. The first-order valence-corrected chi connectivity index (χ1v) is 9.27. The van der Waals surface area contributed by atoms with Crippen molar-refractivity contribution in [3.05, 3.63) is 64.1 Å². The summed E-state index contributed by atoms with van der Waals surface area (Å²) in [5, 5.41) is 15.3. The normalized spacial score (nSPS) is 12.0. The van der Waals surface area contributed by atoms with Gasteiger partial charge in [-0.05, 0) is 41.8 Å². The molecule has 134 valence electrons. The van der Waals surface area contributed by atoms with Crippen LogP contribution in [0.2, 0.25) is 0 Å². The summed E-state index contributed by atoms with van der Waals surface area (Å²) in [7, 11) is 0. The van der Waals surface area contributed by atoms with E-state index < -0.39 is 0 Å². The Balaban J connectivity index is 1.62. The highest BCUT2D eigenvalue weighted by Crippen LogP contribution is 2.24. The van der Waals surface area contributed by atoms with Crippen LogP contribution >= 0.6 is 15.9 Å². The van der Waals surface area contributed by atoms with Gasteiger partial charge < -0.3 is 5.32 Å². The average molecular weight is 414 g/mol. The summed E-state index contributed by atoms with van der Waals surface area (Å²) in [6.07, 6.45) is 0.999. The van der Waals surface area contributed by atoms with Crippen LogP contribution in [0.3, 0.4) is 0 Å². The number of amides is 1. The molecule has 7 heteroatoms. The second kappa shape index (κ2) is 8.23. The topological polar surface area (TPSA) is 72.7 Å². The Kier molecular flexibility index (Phi) is 5.78. The van der Waals surface area contributed by atoms with Gasteiger partial charge in [0.05, 0.1) is 6.04 Å². The van der Waals surface area contributed by atoms with E-state index in [-0.39, 0.29) is 18.5 Å². The number of carbonyl (C=O) groups is 1. The molecule has 0 fully saturated rings. The molecule has 0 aliphatic carbocycles. The Hall–Kier alpha value is -2.54. The first-order valence-electron chi connectivity index (χ1n) is 8.47. The second-order valence-electron chi connectivity index (χ2n) is 6.01. The number of nitrogens with zero attached hydrogens (tertiary/aromatic N) is 4. The average Bonchev–Trinajstić information content (AvgIpc) is 3.10. The lowest BCUT2D eigenvalue weighted by Gasteiger charge is -2.14. The molecule has 1 N–H and O–H groups in total. The molecule has 1 heterocycles. The van der Waals surface area contributed by atoms with Crippen LogP contribution < -0.4 is 5.32 Å². The van der Waals surface area contributed by atoms with E-state index in [1.54, 1.807) is 0 Å². The van der Waals surface area contributed by atoms with Crippen LogP contribution in [0, 0.1) is 0 Å². The lowest BCUT2D eigenvalue weighted by atomic mass is 10.1. The zero-order chi connectivity index (χ0) is 18.5. The number of halogens is 1. The predicted molar refractivity (Wildman–Crippen MR) is 103 cm³/mol. The van der Waals surface area contributed by atoms with Crippen molar-refractivity contribution in [3.8, 4) is 11.4 Å². The molecule has 0 aliphatic heterocycles. The SMILES string of the molecule is CCc1ccc([C@@H](C)NC(=O)Cn2nnc(-c3ccccc3Br)n2)cc1. The quantitative estimate of drug-likeness (QED) is 0.670. The Morgan fingerprint density at radius 1 is 1.19 bits per heavy atom. The number of tetrazole rings is 1. The number of hydrogen-bond donors (Lipinski definition) is 1. The molecule has 3 aromatic rings. The van der Waals surface area contributed by atoms with Gasteiger partial charge in [0, 0.05) is 10.0 Å². The van der Waals surface area contributed by atoms with Gasteiger partial charge in [0.15, 0.2) is 0 Å². The highest BCUT2D eigenvalue weighted by atomic mass is 79.9. The number of hydrogen-bond acceptors (Lipinski definition) is 4. The van der Waals surface area contributed by atoms with Crippen LogP contribution in [-0.2, 0) is 17.8 Å². The second-order valence-corrected chi connectivity index (χ2v) is 6.86. The Labute approximate surface area is 160 Å². The van der Waals surface area contributed by atoms with E-state index in [2.05, 4.69) is 55.7 Å². The Morgan fingerprint density at radius 3 is 2.62 bits per heavy atom. The minimum absolute atomic E-state index is 0.0227. The molecule has 1 aromatic heterocycles. The summed E-state index contributed by atoms with van der Waals surface area (Å²) in [6, 6.07) is 15.8. The fourth-order valence-electron chi connectivity index (χ4n) is 2.60. The first kappa shape index (κ1) is 18.3. The molecular weight excluding hydrogens is 394 g/mol. The molecule has 26 heavy (non-hydrogen) atoms. The summed E-state index contributed by atoms with van der Waals surface area (Å²) in [6.45, 7) is 4.10. The van der Waals surface area contributed by atoms with Crippen molar-refractivity contribution in [2.75, 3.05) is 0 Å². The number of aromatic nitrogens is 4. The molecule has 3 rings (SSSR count). The van der Waals surface area contributed by atoms with Crippen molar-refractivity contribution < 1.29 is 4.79 Å². The predicted octanol–water partition coefficient (Wildman–Crippen LogP) is 3.54. The zero-order valence-electron chi connectivity index (χ0n) is 14.7. The van der Waals surface area contributed by atoms with E-state index in [1.165, 1.54) is 10.4 Å². The van der Waals surface area contributed by atoms with Gasteiger partial charge in [-0.25, -0.2) is 0 Å². The van der Waals surface area contributed by atoms with Crippen LogP contribution in [0.5, 0.6) is 0 Å². The summed E-state index contributed by atoms with van der Waals surface area (Å²) in [5.74, 6) is 0.321. The Bertz CT molecular complexity index is 891. The third kappa shape index (κ3) is 4.35. The maximum atomic E-state index is 12.3. The number of nitrogens with one attached hydrogen (secondary N) is 1. The summed E-state index contributed by atoms with van der Waals surface area (Å²) in [5.41, 5.74) is 3.18. The summed E-state index contributed by atoms with van der Waals surface area (Å²) in [4.78, 5) is 13.6. The summed E-state index contributed by atoms with van der Waals surface area (Å²) < 4.78 is 0.883. The maximum absolute atomic E-state index is 12.3. The number of aryl methyl sites for hydroxylation is 1. The van der Waals surface area contributed by atoms with E-state index in [4.69, 9.17) is 0 Å². The highest BCUT2D eigenvalue weighted by Gasteiger charge is 2.13. The van der Waals surface area contributed by atoms with Gasteiger partial charge in [-0.3, -0.25) is 4.79 Å². The molecule has 2 aromatic carbocycles. The molecule has 1 atom stereocenters. The monoisotopic (exact) mass is 413 g/mol. The fourth-order valence-corrected chi connectivity index (χ4v) is 3.06. The van der Waals surface area contributed by atoms with E-state index in [0.29, 0.717) is 5.82 Å². The molecule has 6 nitrogen and oxygen atoms in total. The lowest BCUT2D eigenvalue weighted by Crippen LogP contribution is -2.30. The third-order valence-corrected chi connectivity index (χ3v) is 4.81. The number of benzene rings is 2. The van der Waals surface area contributed by atoms with E-state index in [1.807, 2.05) is 43.3 Å². The molecule has 0 saturated heterocycles. The van der Waals surface area contributed by atoms with Crippen molar-refractivity contribution in [1.82, 2.24) is 25.5 Å². The molecular formula is C19H20BrN5O. The molecule has 0 radical (unpaired) electrons. The van der Waals surface area contributed by atoms with Gasteiger partial charge in [-0.1, -0.05) is 59.3 Å². The van der Waals surface area contributed by atoms with E-state index in [0.717, 1.165) is 22.0 Å². The van der Waals surface area contributed by atoms with Crippen LogP contribution in [0.15, 0.2) is 53.0 Å². The molecule has 0 spiro atoms. The van der Waals surface area contributed by atoms with Gasteiger partial charge in [0.2, 0.25) is 11.7 Å². The smallest absolute Gasteiger partial charge is 0.244 e. The van der Waals surface area contributed by atoms with Gasteiger partial charge in [-0.15, -0.1) is 10.2 Å². The van der Waals surface area contributed by atoms with Crippen LogP contribution in [-0.4, -0.2) is 26.1 Å². The van der Waals surface area contributed by atoms with Gasteiger partial charge in [0.25, 0.3) is 0 Å². The van der Waals surface area contributed by atoms with Crippen LogP contribution in [0.25, 0.3) is 11.4 Å². The van der Waals surface area contributed by atoms with Crippen molar-refractivity contribution >= 4 is 21.8 Å². The minimum atomic E-state index is -0.159.